The number of carbonyl (C=O) groups excluding carboxylic acids is 2. The first-order valence-corrected chi connectivity index (χ1v) is 8.05. The quantitative estimate of drug-likeness (QED) is 0.789. The normalized spacial score (nSPS) is 21.8. The second kappa shape index (κ2) is 6.11. The van der Waals surface area contributed by atoms with Crippen LogP contribution in [0.2, 0.25) is 0 Å². The minimum absolute atomic E-state index is 0.0280. The number of carbonyl (C=O) groups is 2. The Morgan fingerprint density at radius 3 is 2.38 bits per heavy atom. The minimum atomic E-state index is -4.85. The lowest BCUT2D eigenvalue weighted by molar-refractivity contribution is -0.186. The summed E-state index contributed by atoms with van der Waals surface area (Å²) >= 11 is 0. The van der Waals surface area contributed by atoms with Gasteiger partial charge < -0.3 is 9.80 Å². The summed E-state index contributed by atoms with van der Waals surface area (Å²) in [4.78, 5) is 26.6. The van der Waals surface area contributed by atoms with Crippen molar-refractivity contribution in [1.29, 1.82) is 0 Å². The van der Waals surface area contributed by atoms with Crippen molar-refractivity contribution in [2.45, 2.75) is 31.9 Å². The molecule has 1 fully saturated rings. The van der Waals surface area contributed by atoms with Crippen LogP contribution in [0.4, 0.5) is 18.9 Å². The molecule has 3 rings (SSSR count). The number of nitrogens with zero attached hydrogens (tertiary/aromatic N) is 2. The third-order valence-electron chi connectivity index (χ3n) is 4.85. The number of fused-ring (bicyclic) bond motifs is 1. The van der Waals surface area contributed by atoms with E-state index in [0.717, 1.165) is 16.2 Å². The molecule has 7 heteroatoms. The first kappa shape index (κ1) is 16.8. The van der Waals surface area contributed by atoms with E-state index in [-0.39, 0.29) is 43.7 Å². The van der Waals surface area contributed by atoms with Crippen LogP contribution >= 0.6 is 0 Å². The zero-order valence-corrected chi connectivity index (χ0v) is 13.3. The van der Waals surface area contributed by atoms with Gasteiger partial charge in [-0.2, -0.15) is 13.2 Å². The predicted octanol–water partition coefficient (Wildman–Crippen LogP) is 2.94. The number of benzene rings is 1. The maximum atomic E-state index is 12.8. The standard InChI is InChI=1S/C17H19F3N2O2/c1-11-10-22(14-5-3-2-4-13(11)14)15(23)12-6-8-21(9-7-12)16(24)17(18,19)20/h2-5,11-12H,6-10H2,1H3. The van der Waals surface area contributed by atoms with Gasteiger partial charge in [-0.15, -0.1) is 0 Å². The van der Waals surface area contributed by atoms with Gasteiger partial charge in [0.2, 0.25) is 5.91 Å². The average molecular weight is 340 g/mol. The lowest BCUT2D eigenvalue weighted by atomic mass is 9.95. The Bertz CT molecular complexity index is 651. The first-order valence-electron chi connectivity index (χ1n) is 8.05. The van der Waals surface area contributed by atoms with Crippen molar-refractivity contribution < 1.29 is 22.8 Å². The maximum absolute atomic E-state index is 12.8. The van der Waals surface area contributed by atoms with Crippen LogP contribution in [-0.4, -0.2) is 42.5 Å². The summed E-state index contributed by atoms with van der Waals surface area (Å²) in [7, 11) is 0. The number of hydrogen-bond donors (Lipinski definition) is 0. The second-order valence-corrected chi connectivity index (χ2v) is 6.47. The number of piperidine rings is 1. The van der Waals surface area contributed by atoms with Crippen LogP contribution in [0, 0.1) is 5.92 Å². The number of likely N-dealkylation sites (tertiary alicyclic amines) is 1. The van der Waals surface area contributed by atoms with Crippen LogP contribution in [0.15, 0.2) is 24.3 Å². The molecule has 2 aliphatic rings. The van der Waals surface area contributed by atoms with Gasteiger partial charge in [-0.1, -0.05) is 25.1 Å². The predicted molar refractivity (Wildman–Crippen MR) is 82.6 cm³/mol. The molecule has 0 bridgehead atoms. The van der Waals surface area contributed by atoms with Gasteiger partial charge in [-0.3, -0.25) is 9.59 Å². The van der Waals surface area contributed by atoms with E-state index >= 15 is 0 Å². The highest BCUT2D eigenvalue weighted by molar-refractivity contribution is 5.97. The van der Waals surface area contributed by atoms with E-state index in [4.69, 9.17) is 0 Å². The summed E-state index contributed by atoms with van der Waals surface area (Å²) in [5.74, 6) is -1.95. The highest BCUT2D eigenvalue weighted by Gasteiger charge is 2.44. The molecule has 0 radical (unpaired) electrons. The Morgan fingerprint density at radius 2 is 1.75 bits per heavy atom. The monoisotopic (exact) mass is 340 g/mol. The van der Waals surface area contributed by atoms with E-state index < -0.39 is 12.1 Å². The second-order valence-electron chi connectivity index (χ2n) is 6.47. The van der Waals surface area contributed by atoms with E-state index in [1.807, 2.05) is 24.3 Å². The summed E-state index contributed by atoms with van der Waals surface area (Å²) in [5, 5.41) is 0. The molecule has 1 aromatic rings. The Kier molecular flexibility index (Phi) is 4.27. The maximum Gasteiger partial charge on any atom is 0.471 e. The van der Waals surface area contributed by atoms with Crippen molar-refractivity contribution >= 4 is 17.5 Å². The van der Waals surface area contributed by atoms with Crippen LogP contribution in [0.5, 0.6) is 0 Å². The van der Waals surface area contributed by atoms with Gasteiger partial charge in [-0.05, 0) is 24.5 Å². The first-order chi connectivity index (χ1) is 11.3. The molecule has 0 N–H and O–H groups in total. The molecule has 1 aromatic carbocycles. The molecular formula is C17H19F3N2O2. The summed E-state index contributed by atoms with van der Waals surface area (Å²) in [6, 6.07) is 7.71. The Morgan fingerprint density at radius 1 is 1.12 bits per heavy atom. The molecule has 130 valence electrons. The van der Waals surface area contributed by atoms with Crippen molar-refractivity contribution in [2.75, 3.05) is 24.5 Å². The van der Waals surface area contributed by atoms with Crippen LogP contribution in [0.1, 0.15) is 31.2 Å². The van der Waals surface area contributed by atoms with Crippen molar-refractivity contribution in [3.05, 3.63) is 29.8 Å². The van der Waals surface area contributed by atoms with Gasteiger partial charge >= 0.3 is 12.1 Å². The van der Waals surface area contributed by atoms with E-state index in [9.17, 15) is 22.8 Å². The fourth-order valence-electron chi connectivity index (χ4n) is 3.56. The number of halogens is 3. The number of rotatable bonds is 1. The van der Waals surface area contributed by atoms with Gasteiger partial charge in [0, 0.05) is 37.2 Å². The van der Waals surface area contributed by atoms with Gasteiger partial charge in [0.25, 0.3) is 0 Å². The highest BCUT2D eigenvalue weighted by atomic mass is 19.4. The van der Waals surface area contributed by atoms with Crippen LogP contribution in [-0.2, 0) is 9.59 Å². The Labute approximate surface area is 138 Å². The molecule has 0 saturated carbocycles. The van der Waals surface area contributed by atoms with Crippen molar-refractivity contribution in [3.63, 3.8) is 0 Å². The lowest BCUT2D eigenvalue weighted by Gasteiger charge is -2.33. The largest absolute Gasteiger partial charge is 0.471 e. The lowest BCUT2D eigenvalue weighted by Crippen LogP contribution is -2.48. The van der Waals surface area contributed by atoms with Gasteiger partial charge in [-0.25, -0.2) is 0 Å². The van der Waals surface area contributed by atoms with Crippen LogP contribution < -0.4 is 4.90 Å². The molecule has 1 atom stereocenters. The van der Waals surface area contributed by atoms with Crippen molar-refractivity contribution in [2.24, 2.45) is 5.92 Å². The van der Waals surface area contributed by atoms with Gasteiger partial charge in [0.1, 0.15) is 0 Å². The molecule has 0 aromatic heterocycles. The van der Waals surface area contributed by atoms with E-state index in [0.29, 0.717) is 6.54 Å². The third-order valence-corrected chi connectivity index (χ3v) is 4.85. The number of hydrogen-bond acceptors (Lipinski definition) is 2. The molecule has 1 unspecified atom stereocenters. The Hall–Kier alpha value is -2.05. The zero-order valence-electron chi connectivity index (χ0n) is 13.3. The van der Waals surface area contributed by atoms with E-state index in [2.05, 4.69) is 6.92 Å². The molecule has 1 saturated heterocycles. The average Bonchev–Trinajstić information content (AvgIpc) is 2.90. The van der Waals surface area contributed by atoms with Crippen molar-refractivity contribution in [3.8, 4) is 0 Å². The summed E-state index contributed by atoms with van der Waals surface area (Å²) in [5.41, 5.74) is 2.01. The van der Waals surface area contributed by atoms with Crippen LogP contribution in [0.25, 0.3) is 0 Å². The molecule has 4 nitrogen and oxygen atoms in total. The topological polar surface area (TPSA) is 40.6 Å². The van der Waals surface area contributed by atoms with Gasteiger partial charge in [0.15, 0.2) is 0 Å². The van der Waals surface area contributed by atoms with E-state index in [1.165, 1.54) is 0 Å². The number of alkyl halides is 3. The van der Waals surface area contributed by atoms with Crippen molar-refractivity contribution in [1.82, 2.24) is 4.90 Å². The summed E-state index contributed by atoms with van der Waals surface area (Å²) in [6.45, 7) is 2.59. The SMILES string of the molecule is CC1CN(C(=O)C2CCN(C(=O)C(F)(F)F)CC2)c2ccccc21. The fourth-order valence-corrected chi connectivity index (χ4v) is 3.56. The highest BCUT2D eigenvalue weighted by Crippen LogP contribution is 2.37. The fraction of sp³-hybridized carbons (Fsp3) is 0.529. The Balaban J connectivity index is 1.66. The smallest absolute Gasteiger partial charge is 0.335 e. The molecule has 2 aliphatic heterocycles. The zero-order chi connectivity index (χ0) is 17.5. The summed E-state index contributed by atoms with van der Waals surface area (Å²) in [6.07, 6.45) is -4.30. The van der Waals surface area contributed by atoms with E-state index in [1.54, 1.807) is 4.90 Å². The molecule has 24 heavy (non-hydrogen) atoms. The molecule has 2 amide bonds. The number of amides is 2. The molecule has 0 spiro atoms. The summed E-state index contributed by atoms with van der Waals surface area (Å²) < 4.78 is 37.4. The molecule has 2 heterocycles. The number of anilines is 1. The molecule has 0 aliphatic carbocycles. The van der Waals surface area contributed by atoms with Gasteiger partial charge in [0.05, 0.1) is 0 Å². The minimum Gasteiger partial charge on any atom is -0.335 e. The van der Waals surface area contributed by atoms with Crippen LogP contribution in [0.3, 0.4) is 0 Å². The molecular weight excluding hydrogens is 321 g/mol. The third kappa shape index (κ3) is 2.99. The number of para-hydroxylation sites is 1.